The zero-order valence-corrected chi connectivity index (χ0v) is 7.35. The van der Waals surface area contributed by atoms with E-state index >= 15 is 0 Å². The van der Waals surface area contributed by atoms with Crippen molar-refractivity contribution in [1.82, 2.24) is 10.2 Å². The summed E-state index contributed by atoms with van der Waals surface area (Å²) in [4.78, 5) is 9.75. The van der Waals surface area contributed by atoms with Crippen molar-refractivity contribution in [1.29, 1.82) is 0 Å². The van der Waals surface area contributed by atoms with Crippen LogP contribution in [0.3, 0.4) is 0 Å². The average Bonchev–Trinajstić information content (AvgIpc) is 2.70. The van der Waals surface area contributed by atoms with Gasteiger partial charge in [0.2, 0.25) is 0 Å². The zero-order valence-electron chi connectivity index (χ0n) is 7.35. The molecule has 72 valence electrons. The molecule has 0 aliphatic carbocycles. The maximum absolute atomic E-state index is 10.3. The van der Waals surface area contributed by atoms with Crippen LogP contribution in [0.5, 0.6) is 0 Å². The first-order chi connectivity index (χ1) is 6.66. The molecule has 0 saturated heterocycles. The Morgan fingerprint density at radius 3 is 2.86 bits per heavy atom. The third-order valence-corrected chi connectivity index (χ3v) is 1.73. The van der Waals surface area contributed by atoms with E-state index in [1.165, 1.54) is 12.1 Å². The van der Waals surface area contributed by atoms with E-state index in [9.17, 15) is 10.1 Å². The predicted molar refractivity (Wildman–Crippen MR) is 47.7 cm³/mol. The molecule has 6 nitrogen and oxygen atoms in total. The number of nitrogens with zero attached hydrogens (tertiary/aromatic N) is 2. The lowest BCUT2D eigenvalue weighted by Gasteiger charge is -1.85. The highest BCUT2D eigenvalue weighted by Crippen LogP contribution is 2.24. The van der Waals surface area contributed by atoms with Gasteiger partial charge in [0.1, 0.15) is 10.6 Å². The van der Waals surface area contributed by atoms with Crippen molar-refractivity contribution in [2.75, 3.05) is 0 Å². The monoisotopic (exact) mass is 193 g/mol. The minimum atomic E-state index is -0.580. The van der Waals surface area contributed by atoms with Crippen molar-refractivity contribution in [3.8, 4) is 11.5 Å². The zero-order chi connectivity index (χ0) is 10.1. The molecule has 0 aliphatic heterocycles. The van der Waals surface area contributed by atoms with E-state index in [0.29, 0.717) is 11.5 Å². The number of aromatic nitrogens is 2. The third kappa shape index (κ3) is 1.37. The summed E-state index contributed by atoms with van der Waals surface area (Å²) in [5.41, 5.74) is 1.44. The fourth-order valence-electron chi connectivity index (χ4n) is 1.11. The van der Waals surface area contributed by atoms with Gasteiger partial charge in [-0.3, -0.25) is 15.2 Å². The highest BCUT2D eigenvalue weighted by molar-refractivity contribution is 5.53. The summed E-state index contributed by atoms with van der Waals surface area (Å²) in [5, 5.41) is 17.0. The Hall–Kier alpha value is -2.11. The maximum atomic E-state index is 10.3. The van der Waals surface area contributed by atoms with Crippen LogP contribution in [0.15, 0.2) is 22.6 Å². The SMILES string of the molecule is Cc1cc(-c2ccc([N+](=O)[O-])o2)n[nH]1. The number of aryl methyl sites for hydroxylation is 1. The summed E-state index contributed by atoms with van der Waals surface area (Å²) in [6, 6.07) is 4.58. The van der Waals surface area contributed by atoms with Crippen LogP contribution in [0.4, 0.5) is 5.88 Å². The summed E-state index contributed by atoms with van der Waals surface area (Å²) in [6.07, 6.45) is 0. The molecule has 0 fully saturated rings. The van der Waals surface area contributed by atoms with Crippen LogP contribution >= 0.6 is 0 Å². The normalized spacial score (nSPS) is 10.4. The molecule has 2 aromatic rings. The Balaban J connectivity index is 2.38. The molecular formula is C8H7N3O3. The first-order valence-electron chi connectivity index (χ1n) is 3.93. The number of nitro groups is 1. The Bertz CT molecular complexity index is 472. The number of furan rings is 1. The van der Waals surface area contributed by atoms with E-state index in [4.69, 9.17) is 4.42 Å². The van der Waals surface area contributed by atoms with E-state index in [0.717, 1.165) is 5.69 Å². The van der Waals surface area contributed by atoms with Crippen molar-refractivity contribution in [2.24, 2.45) is 0 Å². The van der Waals surface area contributed by atoms with Gasteiger partial charge in [0, 0.05) is 5.69 Å². The topological polar surface area (TPSA) is 85.0 Å². The molecule has 6 heteroatoms. The highest BCUT2D eigenvalue weighted by atomic mass is 16.6. The Morgan fingerprint density at radius 1 is 1.57 bits per heavy atom. The fourth-order valence-corrected chi connectivity index (χ4v) is 1.11. The van der Waals surface area contributed by atoms with Crippen LogP contribution in [0.25, 0.3) is 11.5 Å². The van der Waals surface area contributed by atoms with Crippen molar-refractivity contribution < 1.29 is 9.34 Å². The quantitative estimate of drug-likeness (QED) is 0.582. The van der Waals surface area contributed by atoms with Gasteiger partial charge in [-0.05, 0) is 19.1 Å². The standard InChI is InChI=1S/C8H7N3O3/c1-5-4-6(10-9-5)7-2-3-8(14-7)11(12)13/h2-4H,1H3,(H,9,10). The van der Waals surface area contributed by atoms with Gasteiger partial charge in [0.05, 0.1) is 6.07 Å². The largest absolute Gasteiger partial charge is 0.433 e. The van der Waals surface area contributed by atoms with E-state index in [1.807, 2.05) is 6.92 Å². The van der Waals surface area contributed by atoms with Gasteiger partial charge >= 0.3 is 5.88 Å². The molecule has 14 heavy (non-hydrogen) atoms. The second-order valence-electron chi connectivity index (χ2n) is 2.83. The minimum absolute atomic E-state index is 0.277. The Morgan fingerprint density at radius 2 is 2.36 bits per heavy atom. The van der Waals surface area contributed by atoms with Gasteiger partial charge in [-0.15, -0.1) is 0 Å². The van der Waals surface area contributed by atoms with Crippen LogP contribution in [-0.4, -0.2) is 15.1 Å². The number of aromatic amines is 1. The van der Waals surface area contributed by atoms with Crippen molar-refractivity contribution in [3.05, 3.63) is 34.0 Å². The molecule has 2 rings (SSSR count). The van der Waals surface area contributed by atoms with Crippen molar-refractivity contribution in [2.45, 2.75) is 6.92 Å². The minimum Gasteiger partial charge on any atom is -0.399 e. The highest BCUT2D eigenvalue weighted by Gasteiger charge is 2.14. The predicted octanol–water partition coefficient (Wildman–Crippen LogP) is 1.89. The lowest BCUT2D eigenvalue weighted by atomic mass is 10.3. The molecule has 0 saturated carbocycles. The Kier molecular flexibility index (Phi) is 1.81. The van der Waals surface area contributed by atoms with E-state index in [1.54, 1.807) is 6.07 Å². The molecule has 0 spiro atoms. The molecule has 1 N–H and O–H groups in total. The lowest BCUT2D eigenvalue weighted by molar-refractivity contribution is -0.401. The summed E-state index contributed by atoms with van der Waals surface area (Å²) in [5.74, 6) is 0.113. The molecule has 0 atom stereocenters. The van der Waals surface area contributed by atoms with E-state index in [2.05, 4.69) is 10.2 Å². The Labute approximate surface area is 78.7 Å². The summed E-state index contributed by atoms with van der Waals surface area (Å²) in [6.45, 7) is 1.84. The van der Waals surface area contributed by atoms with Crippen molar-refractivity contribution in [3.63, 3.8) is 0 Å². The molecule has 0 amide bonds. The van der Waals surface area contributed by atoms with Gasteiger partial charge in [-0.2, -0.15) is 5.10 Å². The average molecular weight is 193 g/mol. The molecule has 0 bridgehead atoms. The number of hydrogen-bond acceptors (Lipinski definition) is 4. The van der Waals surface area contributed by atoms with Gasteiger partial charge in [-0.25, -0.2) is 0 Å². The van der Waals surface area contributed by atoms with Gasteiger partial charge in [0.25, 0.3) is 0 Å². The van der Waals surface area contributed by atoms with Crippen LogP contribution in [-0.2, 0) is 0 Å². The molecule has 0 unspecified atom stereocenters. The van der Waals surface area contributed by atoms with Gasteiger partial charge < -0.3 is 4.42 Å². The van der Waals surface area contributed by atoms with Crippen LogP contribution < -0.4 is 0 Å². The van der Waals surface area contributed by atoms with Gasteiger partial charge in [-0.1, -0.05) is 0 Å². The summed E-state index contributed by atoms with van der Waals surface area (Å²) < 4.78 is 4.96. The molecular weight excluding hydrogens is 186 g/mol. The number of nitrogens with one attached hydrogen (secondary N) is 1. The van der Waals surface area contributed by atoms with Crippen LogP contribution in [0, 0.1) is 17.0 Å². The molecule has 0 aromatic carbocycles. The second-order valence-corrected chi connectivity index (χ2v) is 2.83. The van der Waals surface area contributed by atoms with Gasteiger partial charge in [0.15, 0.2) is 5.76 Å². The maximum Gasteiger partial charge on any atom is 0.433 e. The first kappa shape index (κ1) is 8.49. The van der Waals surface area contributed by atoms with Crippen LogP contribution in [0.1, 0.15) is 5.69 Å². The third-order valence-electron chi connectivity index (χ3n) is 1.73. The second kappa shape index (κ2) is 2.99. The first-order valence-corrected chi connectivity index (χ1v) is 3.93. The number of H-pyrrole nitrogens is 1. The lowest BCUT2D eigenvalue weighted by Crippen LogP contribution is -1.82. The number of hydrogen-bond donors (Lipinski definition) is 1. The molecule has 0 radical (unpaired) electrons. The van der Waals surface area contributed by atoms with E-state index in [-0.39, 0.29) is 5.88 Å². The summed E-state index contributed by atoms with van der Waals surface area (Å²) in [7, 11) is 0. The van der Waals surface area contributed by atoms with Crippen LogP contribution in [0.2, 0.25) is 0 Å². The van der Waals surface area contributed by atoms with E-state index < -0.39 is 4.92 Å². The summed E-state index contributed by atoms with van der Waals surface area (Å²) >= 11 is 0. The number of rotatable bonds is 2. The van der Waals surface area contributed by atoms with Crippen molar-refractivity contribution >= 4 is 5.88 Å². The molecule has 2 aromatic heterocycles. The smallest absolute Gasteiger partial charge is 0.399 e. The molecule has 0 aliphatic rings. The fraction of sp³-hybridized carbons (Fsp3) is 0.125. The molecule has 2 heterocycles.